The van der Waals surface area contributed by atoms with E-state index in [1.54, 1.807) is 12.3 Å². The number of rotatable bonds is 9. The Labute approximate surface area is 355 Å². The lowest BCUT2D eigenvalue weighted by molar-refractivity contribution is -0.137. The average Bonchev–Trinajstić information content (AvgIpc) is 3.74. The third kappa shape index (κ3) is 7.77. The van der Waals surface area contributed by atoms with Gasteiger partial charge in [0.05, 0.1) is 17.7 Å². The molecule has 3 amide bonds. The van der Waals surface area contributed by atoms with Crippen LogP contribution in [-0.4, -0.2) is 85.7 Å². The molecule has 15 heteroatoms. The third-order valence-corrected chi connectivity index (χ3v) is 12.2. The summed E-state index contributed by atoms with van der Waals surface area (Å²) in [5.41, 5.74) is 6.12. The Morgan fingerprint density at radius 3 is 2.47 bits per heavy atom. The minimum absolute atomic E-state index is 0.0322. The van der Waals surface area contributed by atoms with E-state index in [1.807, 2.05) is 48.8 Å². The second-order valence-corrected chi connectivity index (χ2v) is 16.2. The summed E-state index contributed by atoms with van der Waals surface area (Å²) in [5.74, 6) is 3.42. The van der Waals surface area contributed by atoms with E-state index in [0.29, 0.717) is 11.4 Å². The minimum Gasteiger partial charge on any atom is -0.474 e. The molecule has 1 unspecified atom stereocenters. The van der Waals surface area contributed by atoms with E-state index in [2.05, 4.69) is 60.9 Å². The molecule has 4 aromatic heterocycles. The first-order valence-corrected chi connectivity index (χ1v) is 20.7. The lowest BCUT2D eigenvalue weighted by atomic mass is 9.91. The smallest absolute Gasteiger partial charge is 0.469 e. The average molecular weight is 838 g/mol. The number of anilines is 1. The van der Waals surface area contributed by atoms with Crippen molar-refractivity contribution in [3.63, 3.8) is 0 Å². The van der Waals surface area contributed by atoms with Gasteiger partial charge < -0.3 is 28.6 Å². The molecule has 1 aliphatic carbocycles. The zero-order chi connectivity index (χ0) is 42.5. The largest absolute Gasteiger partial charge is 0.474 e. The molecule has 0 radical (unpaired) electrons. The van der Waals surface area contributed by atoms with E-state index in [0.717, 1.165) is 72.0 Å². The van der Waals surface area contributed by atoms with Crippen LogP contribution in [0.2, 0.25) is 0 Å². The van der Waals surface area contributed by atoms with Gasteiger partial charge in [0.15, 0.2) is 0 Å². The number of hydrogen-bond acceptors (Lipinski definition) is 10. The van der Waals surface area contributed by atoms with Crippen molar-refractivity contribution in [2.75, 3.05) is 18.0 Å². The van der Waals surface area contributed by atoms with Crippen LogP contribution in [0.3, 0.4) is 0 Å². The summed E-state index contributed by atoms with van der Waals surface area (Å²) in [7, 11) is 2.07. The summed E-state index contributed by atoms with van der Waals surface area (Å²) < 4.78 is 49.7. The molecule has 3 fully saturated rings. The number of alkyl halides is 2. The second kappa shape index (κ2) is 15.8. The molecule has 6 aromatic rings. The molecule has 13 nitrogen and oxygen atoms in total. The molecule has 7 heterocycles. The van der Waals surface area contributed by atoms with Gasteiger partial charge in [0.25, 0.3) is 5.91 Å². The number of nitrogens with zero attached hydrogens (tertiary/aromatic N) is 6. The van der Waals surface area contributed by atoms with Crippen molar-refractivity contribution in [3.8, 4) is 34.6 Å². The van der Waals surface area contributed by atoms with Crippen LogP contribution in [0.4, 0.5) is 14.5 Å². The highest BCUT2D eigenvalue weighted by molar-refractivity contribution is 6.08. The third-order valence-electron chi connectivity index (χ3n) is 12.2. The Kier molecular flexibility index (Phi) is 10.0. The van der Waals surface area contributed by atoms with Crippen LogP contribution in [-0.2, 0) is 27.9 Å². The number of piperidine rings is 2. The number of amides is 3. The van der Waals surface area contributed by atoms with E-state index in [1.165, 1.54) is 28.5 Å². The predicted molar refractivity (Wildman–Crippen MR) is 224 cm³/mol. The second-order valence-electron chi connectivity index (χ2n) is 16.2. The van der Waals surface area contributed by atoms with Gasteiger partial charge in [-0.05, 0) is 84.8 Å². The zero-order valence-corrected chi connectivity index (χ0v) is 33.7. The molecule has 10 rings (SSSR count). The van der Waals surface area contributed by atoms with E-state index in [4.69, 9.17) is 14.2 Å². The predicted octanol–water partition coefficient (Wildman–Crippen LogP) is 6.56. The van der Waals surface area contributed by atoms with Crippen LogP contribution in [0, 0.1) is 11.8 Å². The number of hydrogen-bond donors (Lipinski definition) is 1. The number of nitrogens with one attached hydrogen (secondary N) is 1. The SMILES string of the molecule is Cn1c2ccncc2c2ccc(-c3ccc(O[C@H]4C[C@H](OC5CCN(c6ccnc(C#CC(F)(F)Oc7ccc8c(c7)CN(C7CCC(=O)NC7=O)C8=O)c6)CC5)C4)nc3)cc21. The molecule has 0 spiro atoms. The van der Waals surface area contributed by atoms with E-state index in [-0.39, 0.29) is 54.7 Å². The summed E-state index contributed by atoms with van der Waals surface area (Å²) in [4.78, 5) is 53.5. The quantitative estimate of drug-likeness (QED) is 0.126. The van der Waals surface area contributed by atoms with Crippen molar-refractivity contribution in [3.05, 3.63) is 108 Å². The van der Waals surface area contributed by atoms with Crippen molar-refractivity contribution >= 4 is 45.2 Å². The molecule has 62 heavy (non-hydrogen) atoms. The number of benzene rings is 2. The van der Waals surface area contributed by atoms with Gasteiger partial charge in [0, 0.05) is 116 Å². The molecule has 1 atom stereocenters. The topological polar surface area (TPSA) is 141 Å². The van der Waals surface area contributed by atoms with Gasteiger partial charge in [0.2, 0.25) is 17.7 Å². The summed E-state index contributed by atoms with van der Waals surface area (Å²) in [5, 5.41) is 4.55. The molecular formula is C47H41F2N7O6. The van der Waals surface area contributed by atoms with Crippen LogP contribution in [0.15, 0.2) is 91.5 Å². The van der Waals surface area contributed by atoms with Crippen molar-refractivity contribution in [2.24, 2.45) is 7.05 Å². The highest BCUT2D eigenvalue weighted by atomic mass is 19.3. The number of imide groups is 1. The first-order chi connectivity index (χ1) is 30.0. The van der Waals surface area contributed by atoms with Crippen molar-refractivity contribution in [1.29, 1.82) is 0 Å². The maximum atomic E-state index is 15.0. The first kappa shape index (κ1) is 39.2. The normalized spacial score (nSPS) is 20.4. The van der Waals surface area contributed by atoms with Gasteiger partial charge in [-0.25, -0.2) is 9.97 Å². The number of ether oxygens (including phenoxy) is 3. The monoisotopic (exact) mass is 837 g/mol. The standard InChI is InChI=1S/C47H41F2N7O6/c1-54-40-12-16-50-26-39(40)38-5-2-28(21-42(38)54)29-3-9-44(52-25-29)61-36-23-35(24-36)60-33-13-18-55(19-14-33)32-11-17-51-31(22-32)10-15-47(48,49)62-34-4-6-37-30(20-34)27-56(46(37)59)41-7-8-43(57)53-45(41)58/h2-6,9,11-12,16-17,20-22,25-26,33,35-36,41H,7-8,13-14,18-19,23-24,27H2,1H3,(H,53,57,58)/t35-,36-,41?. The van der Waals surface area contributed by atoms with Crippen molar-refractivity contribution in [2.45, 2.75) is 75.5 Å². The van der Waals surface area contributed by atoms with E-state index >= 15 is 0 Å². The number of fused-ring (bicyclic) bond motifs is 4. The fourth-order valence-corrected chi connectivity index (χ4v) is 8.88. The Morgan fingerprint density at radius 2 is 1.66 bits per heavy atom. The molecule has 2 aromatic carbocycles. The Hall–Kier alpha value is -6.92. The molecule has 1 saturated carbocycles. The van der Waals surface area contributed by atoms with Gasteiger partial charge >= 0.3 is 6.11 Å². The number of carbonyl (C=O) groups excluding carboxylic acids is 3. The van der Waals surface area contributed by atoms with Gasteiger partial charge in [-0.15, -0.1) is 0 Å². The van der Waals surface area contributed by atoms with E-state index in [9.17, 15) is 23.2 Å². The van der Waals surface area contributed by atoms with Crippen LogP contribution in [0.25, 0.3) is 32.9 Å². The number of pyridine rings is 3. The van der Waals surface area contributed by atoms with Crippen molar-refractivity contribution < 1.29 is 37.4 Å². The van der Waals surface area contributed by atoms with Crippen molar-refractivity contribution in [1.82, 2.24) is 29.7 Å². The van der Waals surface area contributed by atoms with Gasteiger partial charge in [-0.1, -0.05) is 12.1 Å². The highest BCUT2D eigenvalue weighted by Crippen LogP contribution is 2.35. The fourth-order valence-electron chi connectivity index (χ4n) is 8.88. The van der Waals surface area contributed by atoms with Gasteiger partial charge in [-0.3, -0.25) is 24.7 Å². The molecule has 1 N–H and O–H groups in total. The van der Waals surface area contributed by atoms with Crippen LogP contribution >= 0.6 is 0 Å². The number of aromatic nitrogens is 4. The van der Waals surface area contributed by atoms with E-state index < -0.39 is 29.9 Å². The Bertz CT molecular complexity index is 2810. The Morgan fingerprint density at radius 1 is 0.823 bits per heavy atom. The summed E-state index contributed by atoms with van der Waals surface area (Å²) >= 11 is 0. The van der Waals surface area contributed by atoms with Gasteiger partial charge in [-0.2, -0.15) is 8.78 Å². The molecule has 2 saturated heterocycles. The molecule has 3 aliphatic heterocycles. The lowest BCUT2D eigenvalue weighted by Crippen LogP contribution is -2.52. The Balaban J connectivity index is 0.681. The maximum absolute atomic E-state index is 15.0. The molecule has 4 aliphatic rings. The number of aryl methyl sites for hydroxylation is 1. The number of halogens is 2. The molecular weight excluding hydrogens is 797 g/mol. The molecule has 0 bridgehead atoms. The van der Waals surface area contributed by atoms with Crippen LogP contribution < -0.4 is 19.7 Å². The number of carbonyl (C=O) groups is 3. The van der Waals surface area contributed by atoms with Crippen LogP contribution in [0.5, 0.6) is 11.6 Å². The highest BCUT2D eigenvalue weighted by Gasteiger charge is 2.40. The summed E-state index contributed by atoms with van der Waals surface area (Å²) in [6.45, 7) is 1.50. The first-order valence-electron chi connectivity index (χ1n) is 20.7. The lowest BCUT2D eigenvalue weighted by Gasteiger charge is -2.40. The van der Waals surface area contributed by atoms with Crippen LogP contribution in [0.1, 0.15) is 60.1 Å². The molecule has 314 valence electrons. The van der Waals surface area contributed by atoms with Gasteiger partial charge in [0.1, 0.15) is 23.6 Å². The summed E-state index contributed by atoms with van der Waals surface area (Å²) in [6.07, 6.45) is 7.10. The summed E-state index contributed by atoms with van der Waals surface area (Å²) in [6, 6.07) is 19.2. The maximum Gasteiger partial charge on any atom is 0.469 e. The fraction of sp³-hybridized carbons (Fsp3) is 0.319. The zero-order valence-electron chi connectivity index (χ0n) is 33.7. The minimum atomic E-state index is -3.85.